The summed E-state index contributed by atoms with van der Waals surface area (Å²) in [5.74, 6) is -0.859. The molecule has 0 spiro atoms. The third-order valence-electron chi connectivity index (χ3n) is 2.33. The van der Waals surface area contributed by atoms with Crippen LogP contribution in [0.2, 0.25) is 0 Å². The van der Waals surface area contributed by atoms with Gasteiger partial charge in [-0.25, -0.2) is 4.98 Å². The number of carboxylic acid groups (broad SMARTS) is 1. The molecule has 2 aromatic heterocycles. The van der Waals surface area contributed by atoms with Gasteiger partial charge in [0.25, 0.3) is 0 Å². The Morgan fingerprint density at radius 2 is 2.33 bits per heavy atom. The standard InChI is InChI=1S/C11H14N4O2S/c1-8(2)15-6-9(5-13-15)14-4-3-12-11(14)18-7-10(16)17/h3-6,8H,7H2,1-2H3,(H,16,17). The van der Waals surface area contributed by atoms with Gasteiger partial charge in [-0.05, 0) is 13.8 Å². The molecule has 2 rings (SSSR count). The van der Waals surface area contributed by atoms with Crippen molar-refractivity contribution in [2.45, 2.75) is 25.0 Å². The molecule has 0 amide bonds. The zero-order chi connectivity index (χ0) is 13.1. The van der Waals surface area contributed by atoms with Crippen molar-refractivity contribution in [1.29, 1.82) is 0 Å². The third kappa shape index (κ3) is 2.73. The number of rotatable bonds is 5. The summed E-state index contributed by atoms with van der Waals surface area (Å²) in [5.41, 5.74) is 0.883. The van der Waals surface area contributed by atoms with E-state index in [0.29, 0.717) is 5.16 Å². The van der Waals surface area contributed by atoms with Crippen molar-refractivity contribution >= 4 is 17.7 Å². The minimum Gasteiger partial charge on any atom is -0.481 e. The molecule has 2 aromatic rings. The zero-order valence-corrected chi connectivity index (χ0v) is 11.0. The monoisotopic (exact) mass is 266 g/mol. The Morgan fingerprint density at radius 1 is 1.56 bits per heavy atom. The van der Waals surface area contributed by atoms with Crippen LogP contribution in [0.25, 0.3) is 5.69 Å². The first-order valence-corrected chi connectivity index (χ1v) is 6.49. The number of hydrogen-bond acceptors (Lipinski definition) is 4. The number of thioether (sulfide) groups is 1. The third-order valence-corrected chi connectivity index (χ3v) is 3.28. The van der Waals surface area contributed by atoms with E-state index in [-0.39, 0.29) is 11.8 Å². The molecule has 0 aliphatic carbocycles. The van der Waals surface area contributed by atoms with Crippen molar-refractivity contribution in [3.05, 3.63) is 24.8 Å². The molecule has 0 unspecified atom stereocenters. The smallest absolute Gasteiger partial charge is 0.313 e. The zero-order valence-electron chi connectivity index (χ0n) is 10.1. The van der Waals surface area contributed by atoms with Gasteiger partial charge in [0, 0.05) is 24.6 Å². The van der Waals surface area contributed by atoms with E-state index in [1.165, 1.54) is 11.8 Å². The van der Waals surface area contributed by atoms with Crippen molar-refractivity contribution in [3.63, 3.8) is 0 Å². The normalized spacial score (nSPS) is 11.1. The predicted octanol–water partition coefficient (Wildman–Crippen LogP) is 1.83. The van der Waals surface area contributed by atoms with Crippen LogP contribution in [0.4, 0.5) is 0 Å². The quantitative estimate of drug-likeness (QED) is 0.836. The molecule has 2 heterocycles. The van der Waals surface area contributed by atoms with E-state index >= 15 is 0 Å². The summed E-state index contributed by atoms with van der Waals surface area (Å²) in [6, 6.07) is 0.289. The van der Waals surface area contributed by atoms with E-state index in [0.717, 1.165) is 5.69 Å². The van der Waals surface area contributed by atoms with Gasteiger partial charge in [0.1, 0.15) is 0 Å². The Bertz CT molecular complexity index is 547. The number of hydrogen-bond donors (Lipinski definition) is 1. The van der Waals surface area contributed by atoms with Crippen LogP contribution in [0, 0.1) is 0 Å². The van der Waals surface area contributed by atoms with Gasteiger partial charge < -0.3 is 5.11 Å². The highest BCUT2D eigenvalue weighted by atomic mass is 32.2. The van der Waals surface area contributed by atoms with E-state index in [9.17, 15) is 4.79 Å². The number of imidazole rings is 1. The van der Waals surface area contributed by atoms with Crippen molar-refractivity contribution in [3.8, 4) is 5.69 Å². The van der Waals surface area contributed by atoms with Gasteiger partial charge in [0.15, 0.2) is 5.16 Å². The van der Waals surface area contributed by atoms with E-state index in [4.69, 9.17) is 5.11 Å². The van der Waals surface area contributed by atoms with Gasteiger partial charge in [0.05, 0.1) is 17.6 Å². The van der Waals surface area contributed by atoms with Crippen molar-refractivity contribution in [1.82, 2.24) is 19.3 Å². The first-order valence-electron chi connectivity index (χ1n) is 5.50. The molecule has 7 heteroatoms. The lowest BCUT2D eigenvalue weighted by molar-refractivity contribution is -0.133. The maximum atomic E-state index is 10.6. The van der Waals surface area contributed by atoms with Crippen LogP contribution in [0.5, 0.6) is 0 Å². The largest absolute Gasteiger partial charge is 0.481 e. The molecule has 0 aliphatic heterocycles. The predicted molar refractivity (Wildman–Crippen MR) is 68.1 cm³/mol. The van der Waals surface area contributed by atoms with Crippen LogP contribution < -0.4 is 0 Å². The highest BCUT2D eigenvalue weighted by Crippen LogP contribution is 2.20. The van der Waals surface area contributed by atoms with Crippen LogP contribution in [0.3, 0.4) is 0 Å². The molecule has 0 aromatic carbocycles. The van der Waals surface area contributed by atoms with Crippen LogP contribution in [-0.4, -0.2) is 36.2 Å². The summed E-state index contributed by atoms with van der Waals surface area (Å²) in [6.07, 6.45) is 7.10. The molecule has 0 aliphatic rings. The number of aliphatic carboxylic acids is 1. The van der Waals surface area contributed by atoms with E-state index < -0.39 is 5.97 Å². The summed E-state index contributed by atoms with van der Waals surface area (Å²) in [6.45, 7) is 4.09. The number of carboxylic acids is 1. The van der Waals surface area contributed by atoms with Crippen molar-refractivity contribution in [2.24, 2.45) is 0 Å². The SMILES string of the molecule is CC(C)n1cc(-n2ccnc2SCC(=O)O)cn1. The van der Waals surface area contributed by atoms with Crippen LogP contribution >= 0.6 is 11.8 Å². The average Bonchev–Trinajstić information content (AvgIpc) is 2.94. The van der Waals surface area contributed by atoms with E-state index in [2.05, 4.69) is 10.1 Å². The molecule has 6 nitrogen and oxygen atoms in total. The van der Waals surface area contributed by atoms with Gasteiger partial charge in [0.2, 0.25) is 0 Å². The van der Waals surface area contributed by atoms with Crippen LogP contribution in [0.1, 0.15) is 19.9 Å². The highest BCUT2D eigenvalue weighted by molar-refractivity contribution is 7.99. The molecule has 0 saturated heterocycles. The maximum absolute atomic E-state index is 10.6. The molecular weight excluding hydrogens is 252 g/mol. The van der Waals surface area contributed by atoms with Gasteiger partial charge in [-0.1, -0.05) is 11.8 Å². The Morgan fingerprint density at radius 3 is 2.94 bits per heavy atom. The first kappa shape index (κ1) is 12.7. The summed E-state index contributed by atoms with van der Waals surface area (Å²) < 4.78 is 3.68. The molecule has 0 atom stereocenters. The second kappa shape index (κ2) is 5.26. The second-order valence-electron chi connectivity index (χ2n) is 4.03. The van der Waals surface area contributed by atoms with Gasteiger partial charge in [-0.3, -0.25) is 14.0 Å². The number of carbonyl (C=O) groups is 1. The maximum Gasteiger partial charge on any atom is 0.313 e. The van der Waals surface area contributed by atoms with Gasteiger partial charge in [-0.2, -0.15) is 5.10 Å². The number of nitrogens with zero attached hydrogens (tertiary/aromatic N) is 4. The molecule has 0 fully saturated rings. The fraction of sp³-hybridized carbons (Fsp3) is 0.364. The summed E-state index contributed by atoms with van der Waals surface area (Å²) >= 11 is 1.19. The summed E-state index contributed by atoms with van der Waals surface area (Å²) in [4.78, 5) is 14.7. The second-order valence-corrected chi connectivity index (χ2v) is 4.98. The Labute approximate surface area is 109 Å². The fourth-order valence-corrected chi connectivity index (χ4v) is 2.15. The Kier molecular flexibility index (Phi) is 3.71. The molecule has 0 saturated carbocycles. The van der Waals surface area contributed by atoms with Crippen molar-refractivity contribution in [2.75, 3.05) is 5.75 Å². The lowest BCUT2D eigenvalue weighted by Crippen LogP contribution is -2.02. The van der Waals surface area contributed by atoms with Crippen LogP contribution in [-0.2, 0) is 4.79 Å². The average molecular weight is 266 g/mol. The lowest BCUT2D eigenvalue weighted by atomic mass is 10.4. The summed E-state index contributed by atoms with van der Waals surface area (Å²) in [7, 11) is 0. The minimum absolute atomic E-state index is 0.00463. The molecule has 1 N–H and O–H groups in total. The molecule has 0 radical (unpaired) electrons. The lowest BCUT2D eigenvalue weighted by Gasteiger charge is -2.04. The highest BCUT2D eigenvalue weighted by Gasteiger charge is 2.10. The van der Waals surface area contributed by atoms with E-state index in [1.807, 2.05) is 29.3 Å². The Hall–Kier alpha value is -1.76. The molecule has 96 valence electrons. The molecule has 18 heavy (non-hydrogen) atoms. The van der Waals surface area contributed by atoms with Gasteiger partial charge in [-0.15, -0.1) is 0 Å². The summed E-state index contributed by atoms with van der Waals surface area (Å²) in [5, 5.41) is 13.6. The topological polar surface area (TPSA) is 72.9 Å². The van der Waals surface area contributed by atoms with E-state index in [1.54, 1.807) is 18.6 Å². The van der Waals surface area contributed by atoms with Crippen LogP contribution in [0.15, 0.2) is 29.9 Å². The minimum atomic E-state index is -0.854. The number of aromatic nitrogens is 4. The Balaban J connectivity index is 2.21. The molecule has 0 bridgehead atoms. The fourth-order valence-electron chi connectivity index (χ4n) is 1.45. The molecular formula is C11H14N4O2S. The first-order chi connectivity index (χ1) is 8.58. The van der Waals surface area contributed by atoms with Crippen molar-refractivity contribution < 1.29 is 9.90 Å². The van der Waals surface area contributed by atoms with Gasteiger partial charge >= 0.3 is 5.97 Å².